The fourth-order valence-corrected chi connectivity index (χ4v) is 5.20. The highest BCUT2D eigenvalue weighted by Crippen LogP contribution is 2.39. The van der Waals surface area contributed by atoms with Gasteiger partial charge in [0.1, 0.15) is 23.4 Å². The summed E-state index contributed by atoms with van der Waals surface area (Å²) >= 11 is 1.03. The summed E-state index contributed by atoms with van der Waals surface area (Å²) in [5.74, 6) is -0.238. The van der Waals surface area contributed by atoms with Crippen molar-refractivity contribution in [2.45, 2.75) is 13.0 Å². The molecule has 0 atom stereocenters. The number of ketones is 1. The fraction of sp³-hybridized carbons (Fsp3) is 0.152. The molecule has 0 fully saturated rings. The molecule has 0 unspecified atom stereocenters. The Labute approximate surface area is 252 Å². The van der Waals surface area contributed by atoms with Crippen molar-refractivity contribution in [2.24, 2.45) is 0 Å². The Kier molecular flexibility index (Phi) is 8.97. The van der Waals surface area contributed by atoms with Gasteiger partial charge in [-0.15, -0.1) is 0 Å². The van der Waals surface area contributed by atoms with E-state index in [1.54, 1.807) is 30.3 Å². The van der Waals surface area contributed by atoms with Crippen molar-refractivity contribution < 1.29 is 33.6 Å². The number of carbonyl (C=O) groups is 2. The number of hydrogen-bond acceptors (Lipinski definition) is 9. The number of methoxy groups -OCH3 is 3. The third kappa shape index (κ3) is 6.49. The van der Waals surface area contributed by atoms with E-state index in [1.807, 2.05) is 42.5 Å². The number of allylic oxidation sites excluding steroid dienone is 1. The molecule has 0 aliphatic carbocycles. The summed E-state index contributed by atoms with van der Waals surface area (Å²) in [4.78, 5) is 27.1. The standard InChI is InChI=1S/C33H28N2O7S/c1-39-28-17-23(18-29(40-2)32(28)41-3)31(36)25(30(33(37)38)22-11-14-26-27(16-22)35-43-34-26)15-20-9-12-24(13-10-20)42-19-21-7-5-4-6-8-21/h4-14,16-18H,15,19H2,1-3H3,(H,37,38). The molecule has 218 valence electrons. The number of benzene rings is 4. The minimum atomic E-state index is -1.25. The zero-order valence-electron chi connectivity index (χ0n) is 23.7. The maximum Gasteiger partial charge on any atom is 0.336 e. The van der Waals surface area contributed by atoms with Crippen molar-refractivity contribution in [3.05, 3.63) is 113 Å². The van der Waals surface area contributed by atoms with Gasteiger partial charge in [0.2, 0.25) is 5.75 Å². The Morgan fingerprint density at radius 3 is 2.05 bits per heavy atom. The maximum absolute atomic E-state index is 14.2. The lowest BCUT2D eigenvalue weighted by Gasteiger charge is -2.16. The highest BCUT2D eigenvalue weighted by atomic mass is 32.1. The maximum atomic E-state index is 14.2. The van der Waals surface area contributed by atoms with Gasteiger partial charge >= 0.3 is 5.97 Å². The topological polar surface area (TPSA) is 117 Å². The highest BCUT2D eigenvalue weighted by Gasteiger charge is 2.26. The molecule has 0 saturated heterocycles. The largest absolute Gasteiger partial charge is 0.493 e. The summed E-state index contributed by atoms with van der Waals surface area (Å²) in [6, 6.07) is 25.0. The second kappa shape index (κ2) is 13.2. The summed E-state index contributed by atoms with van der Waals surface area (Å²) in [7, 11) is 4.36. The zero-order chi connectivity index (χ0) is 30.3. The van der Waals surface area contributed by atoms with Crippen molar-refractivity contribution in [3.63, 3.8) is 0 Å². The molecule has 10 heteroatoms. The molecule has 0 radical (unpaired) electrons. The number of aromatic nitrogens is 2. The molecular weight excluding hydrogens is 568 g/mol. The molecule has 1 aromatic heterocycles. The van der Waals surface area contributed by atoms with Gasteiger partial charge in [0.15, 0.2) is 17.3 Å². The number of carboxylic acid groups (broad SMARTS) is 1. The van der Waals surface area contributed by atoms with E-state index in [2.05, 4.69) is 8.75 Å². The quantitative estimate of drug-likeness (QED) is 0.132. The smallest absolute Gasteiger partial charge is 0.336 e. The van der Waals surface area contributed by atoms with Crippen LogP contribution in [0.25, 0.3) is 16.6 Å². The van der Waals surface area contributed by atoms with Gasteiger partial charge < -0.3 is 24.1 Å². The van der Waals surface area contributed by atoms with Crippen LogP contribution in [-0.4, -0.2) is 46.9 Å². The Morgan fingerprint density at radius 2 is 1.42 bits per heavy atom. The normalized spacial score (nSPS) is 11.5. The molecule has 0 amide bonds. The van der Waals surface area contributed by atoms with Crippen LogP contribution in [0, 0.1) is 0 Å². The average Bonchev–Trinajstić information content (AvgIpc) is 3.51. The van der Waals surface area contributed by atoms with Crippen LogP contribution in [-0.2, 0) is 17.8 Å². The van der Waals surface area contributed by atoms with Crippen LogP contribution in [0.4, 0.5) is 0 Å². The Balaban J connectivity index is 1.57. The second-order valence-corrected chi connectivity index (χ2v) is 9.99. The number of Topliss-reactive ketones (excluding diaryl/α,β-unsaturated/α-hetero) is 1. The number of carboxylic acids is 1. The molecule has 0 aliphatic rings. The van der Waals surface area contributed by atoms with Gasteiger partial charge in [-0.05, 0) is 53.1 Å². The molecule has 1 N–H and O–H groups in total. The lowest BCUT2D eigenvalue weighted by atomic mass is 9.89. The lowest BCUT2D eigenvalue weighted by molar-refractivity contribution is -0.130. The van der Waals surface area contributed by atoms with Crippen LogP contribution in [0.1, 0.15) is 27.0 Å². The van der Waals surface area contributed by atoms with E-state index < -0.39 is 11.8 Å². The fourth-order valence-electron chi connectivity index (χ4n) is 4.68. The molecule has 0 spiro atoms. The third-order valence-electron chi connectivity index (χ3n) is 6.81. The number of nitrogens with zero attached hydrogens (tertiary/aromatic N) is 2. The molecule has 5 rings (SSSR count). The summed E-state index contributed by atoms with van der Waals surface area (Å²) < 4.78 is 30.7. The second-order valence-electron chi connectivity index (χ2n) is 9.46. The monoisotopic (exact) mass is 596 g/mol. The van der Waals surface area contributed by atoms with Crippen LogP contribution in [0.2, 0.25) is 0 Å². The van der Waals surface area contributed by atoms with E-state index in [-0.39, 0.29) is 34.6 Å². The number of rotatable bonds is 12. The third-order valence-corrected chi connectivity index (χ3v) is 7.37. The summed E-state index contributed by atoms with van der Waals surface area (Å²) in [5, 5.41) is 10.5. The minimum absolute atomic E-state index is 0.0312. The van der Waals surface area contributed by atoms with E-state index in [9.17, 15) is 14.7 Å². The van der Waals surface area contributed by atoms with E-state index in [0.717, 1.165) is 22.9 Å². The molecule has 0 bridgehead atoms. The Bertz CT molecular complexity index is 1770. The van der Waals surface area contributed by atoms with Crippen LogP contribution >= 0.6 is 11.7 Å². The van der Waals surface area contributed by atoms with Gasteiger partial charge in [0.25, 0.3) is 0 Å². The number of aliphatic carboxylic acids is 1. The van der Waals surface area contributed by atoms with Gasteiger partial charge in [-0.1, -0.05) is 48.5 Å². The molecule has 0 saturated carbocycles. The molecule has 5 aromatic rings. The number of ether oxygens (including phenoxy) is 4. The number of carbonyl (C=O) groups excluding carboxylic acids is 1. The van der Waals surface area contributed by atoms with Gasteiger partial charge in [-0.3, -0.25) is 4.79 Å². The van der Waals surface area contributed by atoms with Gasteiger partial charge in [-0.25, -0.2) is 4.79 Å². The summed E-state index contributed by atoms with van der Waals surface area (Å²) in [5.41, 5.74) is 3.39. The SMILES string of the molecule is COc1cc(C(=O)C(Cc2ccc(OCc3ccccc3)cc2)=C(C(=O)O)c2ccc3nsnc3c2)cc(OC)c1OC. The van der Waals surface area contributed by atoms with Crippen molar-refractivity contribution >= 4 is 40.1 Å². The number of hydrogen-bond donors (Lipinski definition) is 1. The van der Waals surface area contributed by atoms with Gasteiger partial charge in [0.05, 0.1) is 38.6 Å². The van der Waals surface area contributed by atoms with E-state index in [0.29, 0.717) is 34.7 Å². The van der Waals surface area contributed by atoms with Crippen LogP contribution in [0.15, 0.2) is 90.5 Å². The Hall–Kier alpha value is -5.22. The molecule has 1 heterocycles. The first-order chi connectivity index (χ1) is 20.9. The average molecular weight is 597 g/mol. The van der Waals surface area contributed by atoms with Crippen molar-refractivity contribution in [2.75, 3.05) is 21.3 Å². The van der Waals surface area contributed by atoms with Gasteiger partial charge in [-0.2, -0.15) is 8.75 Å². The van der Waals surface area contributed by atoms with Gasteiger partial charge in [0, 0.05) is 17.6 Å². The first kappa shape index (κ1) is 29.3. The first-order valence-corrected chi connectivity index (χ1v) is 13.9. The first-order valence-electron chi connectivity index (χ1n) is 13.2. The van der Waals surface area contributed by atoms with E-state index in [4.69, 9.17) is 18.9 Å². The molecular formula is C33H28N2O7S. The molecule has 0 aliphatic heterocycles. The predicted molar refractivity (Wildman–Crippen MR) is 163 cm³/mol. The highest BCUT2D eigenvalue weighted by molar-refractivity contribution is 7.00. The molecule has 43 heavy (non-hydrogen) atoms. The number of fused-ring (bicyclic) bond motifs is 1. The van der Waals surface area contributed by atoms with Crippen molar-refractivity contribution in [1.29, 1.82) is 0 Å². The van der Waals surface area contributed by atoms with Crippen molar-refractivity contribution in [3.8, 4) is 23.0 Å². The van der Waals surface area contributed by atoms with Crippen LogP contribution in [0.5, 0.6) is 23.0 Å². The predicted octanol–water partition coefficient (Wildman–Crippen LogP) is 6.26. The van der Waals surface area contributed by atoms with Crippen LogP contribution in [0.3, 0.4) is 0 Å². The zero-order valence-corrected chi connectivity index (χ0v) is 24.5. The van der Waals surface area contributed by atoms with Crippen molar-refractivity contribution in [1.82, 2.24) is 8.75 Å². The Morgan fingerprint density at radius 1 is 0.744 bits per heavy atom. The minimum Gasteiger partial charge on any atom is -0.493 e. The molecule has 9 nitrogen and oxygen atoms in total. The van der Waals surface area contributed by atoms with Crippen LogP contribution < -0.4 is 18.9 Å². The molecule has 4 aromatic carbocycles. The van der Waals surface area contributed by atoms with E-state index >= 15 is 0 Å². The summed E-state index contributed by atoms with van der Waals surface area (Å²) in [6.45, 7) is 0.405. The van der Waals surface area contributed by atoms with E-state index in [1.165, 1.54) is 33.5 Å². The summed E-state index contributed by atoms with van der Waals surface area (Å²) in [6.07, 6.45) is 0.0312. The lowest BCUT2D eigenvalue weighted by Crippen LogP contribution is -2.14.